The molecule has 0 bridgehead atoms. The minimum Gasteiger partial charge on any atom is -0.478 e. The number of hydrogen-bond acceptors (Lipinski definition) is 3. The molecule has 7 nitrogen and oxygen atoms in total. The highest BCUT2D eigenvalue weighted by molar-refractivity contribution is 5.87. The van der Waals surface area contributed by atoms with E-state index in [1.165, 1.54) is 12.1 Å². The van der Waals surface area contributed by atoms with Gasteiger partial charge in [-0.15, -0.1) is 0 Å². The van der Waals surface area contributed by atoms with Crippen LogP contribution >= 0.6 is 0 Å². The van der Waals surface area contributed by atoms with Gasteiger partial charge in [0.2, 0.25) is 5.91 Å². The summed E-state index contributed by atoms with van der Waals surface area (Å²) in [7, 11) is 0. The Balaban J connectivity index is 2.31. The first-order valence-electron chi connectivity index (χ1n) is 6.53. The van der Waals surface area contributed by atoms with E-state index < -0.39 is 11.9 Å². The quantitative estimate of drug-likeness (QED) is 0.584. The third-order valence-electron chi connectivity index (χ3n) is 2.78. The number of nitrogens with one attached hydrogen (secondary N) is 2. The Labute approximate surface area is 122 Å². The normalized spacial score (nSPS) is 11.5. The van der Waals surface area contributed by atoms with Gasteiger partial charge in [0.05, 0.1) is 5.56 Å². The van der Waals surface area contributed by atoms with Crippen LogP contribution in [0.4, 0.5) is 4.79 Å². The van der Waals surface area contributed by atoms with Crippen LogP contribution in [-0.4, -0.2) is 35.6 Å². The summed E-state index contributed by atoms with van der Waals surface area (Å²) in [6.45, 7) is 2.09. The van der Waals surface area contributed by atoms with E-state index in [0.29, 0.717) is 13.0 Å². The van der Waals surface area contributed by atoms with Crippen LogP contribution < -0.4 is 16.4 Å². The Morgan fingerprint density at radius 2 is 1.86 bits per heavy atom. The summed E-state index contributed by atoms with van der Waals surface area (Å²) >= 11 is 0. The monoisotopic (exact) mass is 293 g/mol. The first-order chi connectivity index (χ1) is 9.88. The topological polar surface area (TPSA) is 122 Å². The lowest BCUT2D eigenvalue weighted by Crippen LogP contribution is -2.42. The zero-order valence-corrected chi connectivity index (χ0v) is 11.8. The number of carboxylic acids is 1. The van der Waals surface area contributed by atoms with Gasteiger partial charge in [0.1, 0.15) is 0 Å². The number of benzene rings is 1. The maximum Gasteiger partial charge on any atom is 0.335 e. The molecule has 114 valence electrons. The van der Waals surface area contributed by atoms with E-state index in [1.807, 2.05) is 0 Å². The van der Waals surface area contributed by atoms with Crippen molar-refractivity contribution in [3.63, 3.8) is 0 Å². The van der Waals surface area contributed by atoms with Gasteiger partial charge in [-0.3, -0.25) is 4.79 Å². The molecule has 1 aromatic carbocycles. The second-order valence-corrected chi connectivity index (χ2v) is 4.72. The second-order valence-electron chi connectivity index (χ2n) is 4.72. The minimum atomic E-state index is -0.970. The largest absolute Gasteiger partial charge is 0.478 e. The summed E-state index contributed by atoms with van der Waals surface area (Å²) in [5.41, 5.74) is 6.17. The summed E-state index contributed by atoms with van der Waals surface area (Å²) in [4.78, 5) is 32.9. The fourth-order valence-electron chi connectivity index (χ4n) is 1.76. The molecule has 0 fully saturated rings. The number of urea groups is 1. The van der Waals surface area contributed by atoms with Crippen molar-refractivity contribution in [3.05, 3.63) is 35.4 Å². The number of carbonyl (C=O) groups is 3. The van der Waals surface area contributed by atoms with Crippen LogP contribution in [0.25, 0.3) is 0 Å². The van der Waals surface area contributed by atoms with Crippen molar-refractivity contribution in [3.8, 4) is 0 Å². The Morgan fingerprint density at radius 1 is 1.24 bits per heavy atom. The number of hydrogen-bond donors (Lipinski definition) is 4. The van der Waals surface area contributed by atoms with Gasteiger partial charge in [-0.1, -0.05) is 12.1 Å². The van der Waals surface area contributed by atoms with Crippen molar-refractivity contribution in [2.24, 2.45) is 5.73 Å². The van der Waals surface area contributed by atoms with E-state index in [4.69, 9.17) is 10.8 Å². The molecule has 0 heterocycles. The van der Waals surface area contributed by atoms with Crippen molar-refractivity contribution in [1.29, 1.82) is 0 Å². The molecule has 1 rings (SSSR count). The van der Waals surface area contributed by atoms with Gasteiger partial charge in [0.15, 0.2) is 0 Å². The average Bonchev–Trinajstić information content (AvgIpc) is 2.38. The average molecular weight is 293 g/mol. The van der Waals surface area contributed by atoms with Crippen LogP contribution in [0.5, 0.6) is 0 Å². The van der Waals surface area contributed by atoms with Crippen LogP contribution in [0.1, 0.15) is 29.3 Å². The van der Waals surface area contributed by atoms with Gasteiger partial charge in [0, 0.05) is 19.0 Å². The smallest absolute Gasteiger partial charge is 0.335 e. The first-order valence-corrected chi connectivity index (χ1v) is 6.53. The maximum absolute atomic E-state index is 11.5. The van der Waals surface area contributed by atoms with E-state index in [-0.39, 0.29) is 24.1 Å². The SMILES string of the molecule is CC(CC(N)=O)NC(=O)NCCc1ccc(C(=O)O)cc1. The molecular formula is C14H19N3O4. The molecule has 1 atom stereocenters. The molecule has 1 aromatic rings. The predicted octanol–water partition coefficient (Wildman–Crippen LogP) is 0.490. The van der Waals surface area contributed by atoms with E-state index in [9.17, 15) is 14.4 Å². The van der Waals surface area contributed by atoms with Crippen molar-refractivity contribution >= 4 is 17.9 Å². The van der Waals surface area contributed by atoms with E-state index in [1.54, 1.807) is 19.1 Å². The van der Waals surface area contributed by atoms with Gasteiger partial charge >= 0.3 is 12.0 Å². The summed E-state index contributed by atoms with van der Waals surface area (Å²) in [5, 5.41) is 14.0. The fourth-order valence-corrected chi connectivity index (χ4v) is 1.76. The number of rotatable bonds is 7. The van der Waals surface area contributed by atoms with Gasteiger partial charge in [0.25, 0.3) is 0 Å². The predicted molar refractivity (Wildman–Crippen MR) is 76.9 cm³/mol. The molecule has 3 amide bonds. The highest BCUT2D eigenvalue weighted by Gasteiger charge is 2.09. The molecule has 0 spiro atoms. The molecule has 0 aliphatic carbocycles. The third-order valence-corrected chi connectivity index (χ3v) is 2.78. The molecule has 0 radical (unpaired) electrons. The molecule has 21 heavy (non-hydrogen) atoms. The Morgan fingerprint density at radius 3 is 2.38 bits per heavy atom. The lowest BCUT2D eigenvalue weighted by Gasteiger charge is -2.13. The molecular weight excluding hydrogens is 274 g/mol. The summed E-state index contributed by atoms with van der Waals surface area (Å²) in [5.74, 6) is -1.44. The minimum absolute atomic E-state index is 0.0874. The van der Waals surface area contributed by atoms with E-state index >= 15 is 0 Å². The van der Waals surface area contributed by atoms with E-state index in [2.05, 4.69) is 10.6 Å². The van der Waals surface area contributed by atoms with Crippen LogP contribution in [0.3, 0.4) is 0 Å². The Kier molecular flexibility index (Phi) is 6.19. The maximum atomic E-state index is 11.5. The van der Waals surface area contributed by atoms with Gasteiger partial charge in [-0.2, -0.15) is 0 Å². The molecule has 5 N–H and O–H groups in total. The van der Waals surface area contributed by atoms with Gasteiger partial charge < -0.3 is 21.5 Å². The first kappa shape index (κ1) is 16.5. The number of carboxylic acid groups (broad SMARTS) is 1. The molecule has 0 saturated carbocycles. The molecule has 0 saturated heterocycles. The van der Waals surface area contributed by atoms with Crippen LogP contribution in [0.2, 0.25) is 0 Å². The number of carbonyl (C=O) groups excluding carboxylic acids is 2. The van der Waals surface area contributed by atoms with Crippen LogP contribution in [0.15, 0.2) is 24.3 Å². The number of nitrogens with two attached hydrogens (primary N) is 1. The lowest BCUT2D eigenvalue weighted by atomic mass is 10.1. The number of aromatic carboxylic acids is 1. The van der Waals surface area contributed by atoms with E-state index in [0.717, 1.165) is 5.56 Å². The molecule has 0 aromatic heterocycles. The number of primary amides is 1. The van der Waals surface area contributed by atoms with Crippen molar-refractivity contribution in [1.82, 2.24) is 10.6 Å². The van der Waals surface area contributed by atoms with Crippen molar-refractivity contribution in [2.45, 2.75) is 25.8 Å². The lowest BCUT2D eigenvalue weighted by molar-refractivity contribution is -0.118. The zero-order valence-electron chi connectivity index (χ0n) is 11.8. The molecule has 1 unspecified atom stereocenters. The van der Waals surface area contributed by atoms with Crippen molar-refractivity contribution in [2.75, 3.05) is 6.54 Å². The molecule has 0 aliphatic rings. The highest BCUT2D eigenvalue weighted by Crippen LogP contribution is 2.04. The van der Waals surface area contributed by atoms with Gasteiger partial charge in [-0.25, -0.2) is 9.59 Å². The standard InChI is InChI=1S/C14H19N3O4/c1-9(8-12(15)18)17-14(21)16-7-6-10-2-4-11(5-3-10)13(19)20/h2-5,9H,6-8H2,1H3,(H2,15,18)(H,19,20)(H2,16,17,21). The summed E-state index contributed by atoms with van der Waals surface area (Å²) in [6.07, 6.45) is 0.668. The van der Waals surface area contributed by atoms with Gasteiger partial charge in [-0.05, 0) is 31.0 Å². The zero-order chi connectivity index (χ0) is 15.8. The highest BCUT2D eigenvalue weighted by atomic mass is 16.4. The van der Waals surface area contributed by atoms with Crippen LogP contribution in [0, 0.1) is 0 Å². The molecule has 7 heteroatoms. The summed E-state index contributed by atoms with van der Waals surface area (Å²) < 4.78 is 0. The van der Waals surface area contributed by atoms with Crippen LogP contribution in [-0.2, 0) is 11.2 Å². The third kappa shape index (κ3) is 6.42. The van der Waals surface area contributed by atoms with Crippen molar-refractivity contribution < 1.29 is 19.5 Å². The fraction of sp³-hybridized carbons (Fsp3) is 0.357. The number of amides is 3. The Bertz CT molecular complexity index is 513. The Hall–Kier alpha value is -2.57. The second kappa shape index (κ2) is 7.88. The molecule has 0 aliphatic heterocycles. The summed E-state index contributed by atoms with van der Waals surface area (Å²) in [6, 6.07) is 5.76.